The largest absolute Gasteiger partial charge is 0.349 e. The molecule has 2 N–H and O–H groups in total. The number of halogens is 2. The highest BCUT2D eigenvalue weighted by Crippen LogP contribution is 2.26. The molecule has 34 heavy (non-hydrogen) atoms. The number of hydrogen-bond acceptors (Lipinski definition) is 5. The van der Waals surface area contributed by atoms with Gasteiger partial charge < -0.3 is 15.2 Å². The summed E-state index contributed by atoms with van der Waals surface area (Å²) in [7, 11) is 1.82. The predicted molar refractivity (Wildman–Crippen MR) is 136 cm³/mol. The minimum atomic E-state index is -0.388. The predicted octanol–water partition coefficient (Wildman–Crippen LogP) is 5.22. The van der Waals surface area contributed by atoms with Crippen molar-refractivity contribution in [3.63, 3.8) is 0 Å². The maximum atomic E-state index is 12.8. The van der Waals surface area contributed by atoms with E-state index in [1.54, 1.807) is 16.7 Å². The van der Waals surface area contributed by atoms with Gasteiger partial charge in [0.15, 0.2) is 11.0 Å². The fourth-order valence-electron chi connectivity index (χ4n) is 3.35. The van der Waals surface area contributed by atoms with Crippen LogP contribution in [0.1, 0.15) is 54.6 Å². The first-order valence-corrected chi connectivity index (χ1v) is 12.5. The number of carbonyl (C=O) groups excluding carboxylic acids is 2. The summed E-state index contributed by atoms with van der Waals surface area (Å²) in [5.41, 5.74) is 1.44. The lowest BCUT2D eigenvalue weighted by Gasteiger charge is -2.22. The molecule has 0 aliphatic heterocycles. The van der Waals surface area contributed by atoms with Crippen LogP contribution in [0.5, 0.6) is 0 Å². The molecule has 3 aromatic rings. The quantitative estimate of drug-likeness (QED) is 0.378. The Labute approximate surface area is 213 Å². The molecule has 0 bridgehead atoms. The van der Waals surface area contributed by atoms with Crippen LogP contribution < -0.4 is 10.6 Å². The average Bonchev–Trinajstić information content (AvgIpc) is 3.17. The van der Waals surface area contributed by atoms with Gasteiger partial charge in [-0.15, -0.1) is 10.2 Å². The summed E-state index contributed by atoms with van der Waals surface area (Å²) in [4.78, 5) is 25.3. The molecular weight excluding hydrogens is 493 g/mol. The molecule has 180 valence electrons. The Kier molecular flexibility index (Phi) is 8.99. The summed E-state index contributed by atoms with van der Waals surface area (Å²) in [6, 6.07) is 14.0. The summed E-state index contributed by atoms with van der Waals surface area (Å²) >= 11 is 13.3. The smallest absolute Gasteiger partial charge is 0.251 e. The van der Waals surface area contributed by atoms with Crippen molar-refractivity contribution >= 4 is 46.8 Å². The van der Waals surface area contributed by atoms with Crippen molar-refractivity contribution < 1.29 is 9.59 Å². The van der Waals surface area contributed by atoms with Gasteiger partial charge in [-0.2, -0.15) is 0 Å². The third kappa shape index (κ3) is 6.52. The monoisotopic (exact) mass is 519 g/mol. The van der Waals surface area contributed by atoms with Crippen LogP contribution in [0, 0.1) is 5.92 Å². The molecule has 0 fully saturated rings. The molecule has 0 spiro atoms. The zero-order valence-electron chi connectivity index (χ0n) is 19.4. The molecule has 2 aromatic carbocycles. The highest BCUT2D eigenvalue weighted by molar-refractivity contribution is 7.99. The van der Waals surface area contributed by atoms with Crippen LogP contribution in [0.3, 0.4) is 0 Å². The van der Waals surface area contributed by atoms with E-state index in [1.165, 1.54) is 17.8 Å². The number of carbonyl (C=O) groups is 2. The molecule has 1 heterocycles. The van der Waals surface area contributed by atoms with E-state index >= 15 is 0 Å². The summed E-state index contributed by atoms with van der Waals surface area (Å²) in [6.07, 6.45) is 0. The van der Waals surface area contributed by atoms with E-state index in [-0.39, 0.29) is 35.6 Å². The molecule has 0 radical (unpaired) electrons. The lowest BCUT2D eigenvalue weighted by atomic mass is 10.0. The summed E-state index contributed by atoms with van der Waals surface area (Å²) in [5.74, 6) is 0.458. The average molecular weight is 520 g/mol. The highest BCUT2D eigenvalue weighted by atomic mass is 35.5. The minimum Gasteiger partial charge on any atom is -0.349 e. The number of amides is 2. The first-order valence-electron chi connectivity index (χ1n) is 10.8. The second-order valence-electron chi connectivity index (χ2n) is 8.21. The number of rotatable bonds is 9. The first-order chi connectivity index (χ1) is 16.2. The van der Waals surface area contributed by atoms with E-state index in [9.17, 15) is 9.59 Å². The third-order valence-electron chi connectivity index (χ3n) is 5.29. The van der Waals surface area contributed by atoms with E-state index in [2.05, 4.69) is 20.8 Å². The van der Waals surface area contributed by atoms with Crippen LogP contribution in [-0.2, 0) is 11.8 Å². The summed E-state index contributed by atoms with van der Waals surface area (Å²) < 4.78 is 1.80. The number of hydrogen-bond donors (Lipinski definition) is 2. The van der Waals surface area contributed by atoms with Crippen molar-refractivity contribution in [2.24, 2.45) is 13.0 Å². The number of benzene rings is 2. The topological polar surface area (TPSA) is 88.9 Å². The molecular formula is C24H27Cl2N5O2S. The van der Waals surface area contributed by atoms with Gasteiger partial charge in [-0.25, -0.2) is 0 Å². The number of thioether (sulfide) groups is 1. The Balaban J connectivity index is 1.65. The zero-order valence-corrected chi connectivity index (χ0v) is 21.7. The van der Waals surface area contributed by atoms with Crippen LogP contribution in [0.2, 0.25) is 10.0 Å². The van der Waals surface area contributed by atoms with Crippen molar-refractivity contribution in [3.05, 3.63) is 75.5 Å². The Hall–Kier alpha value is -2.55. The van der Waals surface area contributed by atoms with Gasteiger partial charge in [0.25, 0.3) is 5.91 Å². The zero-order chi connectivity index (χ0) is 24.8. The SMILES string of the molecule is CC(C)[C@@H](NC(=O)c1ccc(Cl)c(Cl)c1)c1nnc(SCC(=O)N[C@H](C)c2ccccc2)n1C. The Morgan fingerprint density at radius 1 is 1.00 bits per heavy atom. The van der Waals surface area contributed by atoms with Gasteiger partial charge in [0.05, 0.1) is 27.9 Å². The standard InChI is InChI=1S/C24H27Cl2N5O2S/c1-14(2)21(28-23(33)17-10-11-18(25)19(26)12-17)22-29-30-24(31(22)4)34-13-20(32)27-15(3)16-8-6-5-7-9-16/h5-12,14-15,21H,13H2,1-4H3,(H,27,32)(H,28,33)/t15-,21-/m1/s1. The van der Waals surface area contributed by atoms with Crippen molar-refractivity contribution in [3.8, 4) is 0 Å². The van der Waals surface area contributed by atoms with Crippen molar-refractivity contribution in [1.82, 2.24) is 25.4 Å². The molecule has 0 saturated carbocycles. The van der Waals surface area contributed by atoms with E-state index in [1.807, 2.05) is 58.2 Å². The van der Waals surface area contributed by atoms with E-state index < -0.39 is 0 Å². The van der Waals surface area contributed by atoms with E-state index in [0.29, 0.717) is 26.6 Å². The second-order valence-corrected chi connectivity index (χ2v) is 9.97. The molecule has 2 amide bonds. The van der Waals surface area contributed by atoms with Crippen LogP contribution in [0.4, 0.5) is 0 Å². The van der Waals surface area contributed by atoms with Gasteiger partial charge in [0, 0.05) is 12.6 Å². The number of aromatic nitrogens is 3. The lowest BCUT2D eigenvalue weighted by Crippen LogP contribution is -2.33. The van der Waals surface area contributed by atoms with Gasteiger partial charge in [-0.1, -0.05) is 79.1 Å². The summed E-state index contributed by atoms with van der Waals surface area (Å²) in [5, 5.41) is 15.8. The second kappa shape index (κ2) is 11.7. The first kappa shape index (κ1) is 26.1. The van der Waals surface area contributed by atoms with Gasteiger partial charge in [-0.05, 0) is 36.6 Å². The van der Waals surface area contributed by atoms with E-state index in [0.717, 1.165) is 5.56 Å². The highest BCUT2D eigenvalue weighted by Gasteiger charge is 2.25. The number of nitrogens with zero attached hydrogens (tertiary/aromatic N) is 3. The minimum absolute atomic E-state index is 0.0440. The van der Waals surface area contributed by atoms with Gasteiger partial charge >= 0.3 is 0 Å². The maximum Gasteiger partial charge on any atom is 0.251 e. The van der Waals surface area contributed by atoms with Gasteiger partial charge in [0.2, 0.25) is 5.91 Å². The van der Waals surface area contributed by atoms with E-state index in [4.69, 9.17) is 23.2 Å². The molecule has 3 rings (SSSR count). The molecule has 0 aliphatic carbocycles. The van der Waals surface area contributed by atoms with Gasteiger partial charge in [-0.3, -0.25) is 9.59 Å². The Morgan fingerprint density at radius 2 is 1.71 bits per heavy atom. The van der Waals surface area contributed by atoms with Gasteiger partial charge in [0.1, 0.15) is 0 Å². The van der Waals surface area contributed by atoms with Crippen molar-refractivity contribution in [2.75, 3.05) is 5.75 Å². The van der Waals surface area contributed by atoms with Crippen LogP contribution in [0.25, 0.3) is 0 Å². The molecule has 10 heteroatoms. The summed E-state index contributed by atoms with van der Waals surface area (Å²) in [6.45, 7) is 5.92. The molecule has 2 atom stereocenters. The third-order valence-corrected chi connectivity index (χ3v) is 7.05. The van der Waals surface area contributed by atoms with Crippen molar-refractivity contribution in [2.45, 2.75) is 38.0 Å². The van der Waals surface area contributed by atoms with Crippen molar-refractivity contribution in [1.29, 1.82) is 0 Å². The molecule has 0 saturated heterocycles. The fraction of sp³-hybridized carbons (Fsp3) is 0.333. The fourth-order valence-corrected chi connectivity index (χ4v) is 4.38. The van der Waals surface area contributed by atoms with Crippen LogP contribution in [-0.4, -0.2) is 32.3 Å². The molecule has 1 aromatic heterocycles. The number of nitrogens with one attached hydrogen (secondary N) is 2. The van der Waals surface area contributed by atoms with Crippen LogP contribution in [0.15, 0.2) is 53.7 Å². The lowest BCUT2D eigenvalue weighted by molar-refractivity contribution is -0.119. The molecule has 7 nitrogen and oxygen atoms in total. The normalized spacial score (nSPS) is 12.9. The maximum absolute atomic E-state index is 12.8. The van der Waals surface area contributed by atoms with Crippen LogP contribution >= 0.6 is 35.0 Å². The molecule has 0 aliphatic rings. The Bertz CT molecular complexity index is 1150. The Morgan fingerprint density at radius 3 is 2.35 bits per heavy atom. The molecule has 0 unspecified atom stereocenters.